The maximum absolute atomic E-state index is 8.91. The summed E-state index contributed by atoms with van der Waals surface area (Å²) < 4.78 is 0. The van der Waals surface area contributed by atoms with Gasteiger partial charge in [0.25, 0.3) is 0 Å². The normalized spacial score (nSPS) is 21.6. The van der Waals surface area contributed by atoms with Crippen molar-refractivity contribution in [1.82, 2.24) is 14.9 Å². The van der Waals surface area contributed by atoms with Crippen LogP contribution in [-0.2, 0) is 0 Å². The first kappa shape index (κ1) is 13.7. The first-order chi connectivity index (χ1) is 9.86. The lowest BCUT2D eigenvalue weighted by Gasteiger charge is -2.40. The fourth-order valence-electron chi connectivity index (χ4n) is 2.94. The van der Waals surface area contributed by atoms with Crippen LogP contribution in [0.2, 0.25) is 0 Å². The molecule has 0 N–H and O–H groups in total. The van der Waals surface area contributed by atoms with Crippen molar-refractivity contribution in [3.63, 3.8) is 0 Å². The molecule has 0 unspecified atom stereocenters. The molecule has 2 saturated heterocycles. The van der Waals surface area contributed by atoms with E-state index in [4.69, 9.17) is 5.26 Å². The van der Waals surface area contributed by atoms with Crippen LogP contribution in [0.1, 0.15) is 18.5 Å². The van der Waals surface area contributed by atoms with Crippen molar-refractivity contribution < 1.29 is 0 Å². The summed E-state index contributed by atoms with van der Waals surface area (Å²) in [5, 5.41) is 8.91. The Kier molecular flexibility index (Phi) is 4.38. The number of aromatic nitrogens is 2. The van der Waals surface area contributed by atoms with E-state index in [2.05, 4.69) is 37.6 Å². The monoisotopic (exact) mass is 289 g/mol. The predicted octanol–water partition coefficient (Wildman–Crippen LogP) is 1.37. The third-order valence-electron chi connectivity index (χ3n) is 4.07. The van der Waals surface area contributed by atoms with Crippen LogP contribution in [0.25, 0.3) is 0 Å². The summed E-state index contributed by atoms with van der Waals surface area (Å²) in [6, 6.07) is 4.45. The first-order valence-electron chi connectivity index (χ1n) is 7.17. The summed E-state index contributed by atoms with van der Waals surface area (Å²) in [6.07, 6.45) is 4.02. The molecule has 106 valence electrons. The Morgan fingerprint density at radius 2 is 1.95 bits per heavy atom. The molecule has 0 aromatic carbocycles. The SMILES string of the molecule is N#Cc1ccnc(N2CCC(N3CCSCC3)CC2)n1. The van der Waals surface area contributed by atoms with E-state index < -0.39 is 0 Å². The largest absolute Gasteiger partial charge is 0.341 e. The molecular weight excluding hydrogens is 270 g/mol. The van der Waals surface area contributed by atoms with Gasteiger partial charge < -0.3 is 4.90 Å². The smallest absolute Gasteiger partial charge is 0.226 e. The molecule has 20 heavy (non-hydrogen) atoms. The van der Waals surface area contributed by atoms with Crippen molar-refractivity contribution in [3.8, 4) is 6.07 Å². The van der Waals surface area contributed by atoms with E-state index in [-0.39, 0.29) is 0 Å². The number of anilines is 1. The quantitative estimate of drug-likeness (QED) is 0.819. The van der Waals surface area contributed by atoms with Crippen LogP contribution in [0, 0.1) is 11.3 Å². The standard InChI is InChI=1S/C14H19N5S/c15-11-12-1-4-16-14(17-12)19-5-2-13(3-6-19)18-7-9-20-10-8-18/h1,4,13H,2-3,5-10H2. The van der Waals surface area contributed by atoms with Gasteiger partial charge in [0.1, 0.15) is 11.8 Å². The van der Waals surface area contributed by atoms with Crippen molar-refractivity contribution in [3.05, 3.63) is 18.0 Å². The van der Waals surface area contributed by atoms with Gasteiger partial charge in [-0.05, 0) is 18.9 Å². The number of nitriles is 1. The topological polar surface area (TPSA) is 56.1 Å². The van der Waals surface area contributed by atoms with Crippen molar-refractivity contribution in [1.29, 1.82) is 5.26 Å². The molecule has 3 heterocycles. The summed E-state index contributed by atoms with van der Waals surface area (Å²) in [5.41, 5.74) is 0.449. The fraction of sp³-hybridized carbons (Fsp3) is 0.643. The zero-order chi connectivity index (χ0) is 13.8. The minimum Gasteiger partial charge on any atom is -0.341 e. The zero-order valence-electron chi connectivity index (χ0n) is 11.5. The fourth-order valence-corrected chi connectivity index (χ4v) is 3.87. The number of thioether (sulfide) groups is 1. The van der Waals surface area contributed by atoms with Crippen molar-refractivity contribution >= 4 is 17.7 Å². The Balaban J connectivity index is 1.59. The zero-order valence-corrected chi connectivity index (χ0v) is 12.3. The molecule has 0 bridgehead atoms. The minimum absolute atomic E-state index is 0.449. The van der Waals surface area contributed by atoms with Crippen LogP contribution >= 0.6 is 11.8 Å². The van der Waals surface area contributed by atoms with Gasteiger partial charge in [0.2, 0.25) is 5.95 Å². The molecule has 3 rings (SSSR count). The Morgan fingerprint density at radius 3 is 2.65 bits per heavy atom. The van der Waals surface area contributed by atoms with Crippen LogP contribution in [0.4, 0.5) is 5.95 Å². The Labute approximate surface area is 124 Å². The van der Waals surface area contributed by atoms with Gasteiger partial charge in [0.15, 0.2) is 0 Å². The van der Waals surface area contributed by atoms with E-state index in [0.717, 1.165) is 13.1 Å². The predicted molar refractivity (Wildman–Crippen MR) is 80.9 cm³/mol. The van der Waals surface area contributed by atoms with E-state index in [1.165, 1.54) is 37.4 Å². The van der Waals surface area contributed by atoms with Crippen molar-refractivity contribution in [2.45, 2.75) is 18.9 Å². The maximum atomic E-state index is 8.91. The van der Waals surface area contributed by atoms with E-state index >= 15 is 0 Å². The highest BCUT2D eigenvalue weighted by Gasteiger charge is 2.26. The van der Waals surface area contributed by atoms with E-state index in [1.54, 1.807) is 12.3 Å². The second-order valence-corrected chi connectivity index (χ2v) is 6.44. The minimum atomic E-state index is 0.449. The Morgan fingerprint density at radius 1 is 1.20 bits per heavy atom. The molecule has 1 aromatic rings. The highest BCUT2D eigenvalue weighted by atomic mass is 32.2. The average Bonchev–Trinajstić information content (AvgIpc) is 2.56. The van der Waals surface area contributed by atoms with Gasteiger partial charge in [0, 0.05) is 49.9 Å². The molecule has 0 spiro atoms. The number of hydrogen-bond donors (Lipinski definition) is 0. The molecule has 2 aliphatic rings. The summed E-state index contributed by atoms with van der Waals surface area (Å²) in [6.45, 7) is 4.44. The molecule has 0 radical (unpaired) electrons. The number of rotatable bonds is 2. The van der Waals surface area contributed by atoms with Gasteiger partial charge in [-0.3, -0.25) is 4.90 Å². The van der Waals surface area contributed by atoms with Crippen molar-refractivity contribution in [2.75, 3.05) is 42.6 Å². The molecule has 0 saturated carbocycles. The number of nitrogens with zero attached hydrogens (tertiary/aromatic N) is 5. The molecule has 0 atom stereocenters. The van der Waals surface area contributed by atoms with E-state index in [9.17, 15) is 0 Å². The Bertz CT molecular complexity index is 487. The molecule has 6 heteroatoms. The van der Waals surface area contributed by atoms with Crippen LogP contribution < -0.4 is 4.90 Å². The van der Waals surface area contributed by atoms with Crippen LogP contribution in [0.5, 0.6) is 0 Å². The molecule has 2 aliphatic heterocycles. The third-order valence-corrected chi connectivity index (χ3v) is 5.01. The Hall–Kier alpha value is -1.32. The number of piperidine rings is 1. The molecule has 1 aromatic heterocycles. The highest BCUT2D eigenvalue weighted by molar-refractivity contribution is 7.99. The highest BCUT2D eigenvalue weighted by Crippen LogP contribution is 2.22. The second kappa shape index (κ2) is 6.42. The first-order valence-corrected chi connectivity index (χ1v) is 8.32. The molecular formula is C14H19N5S. The van der Waals surface area contributed by atoms with Gasteiger partial charge in [-0.25, -0.2) is 9.97 Å². The van der Waals surface area contributed by atoms with Gasteiger partial charge in [-0.2, -0.15) is 17.0 Å². The van der Waals surface area contributed by atoms with Gasteiger partial charge in [-0.1, -0.05) is 0 Å². The van der Waals surface area contributed by atoms with Gasteiger partial charge in [0.05, 0.1) is 0 Å². The van der Waals surface area contributed by atoms with Gasteiger partial charge in [-0.15, -0.1) is 0 Å². The lowest BCUT2D eigenvalue weighted by Crippen LogP contribution is -2.48. The molecule has 0 amide bonds. The third kappa shape index (κ3) is 3.05. The van der Waals surface area contributed by atoms with E-state index in [0.29, 0.717) is 17.7 Å². The average molecular weight is 289 g/mol. The molecule has 0 aliphatic carbocycles. The summed E-state index contributed by atoms with van der Waals surface area (Å²) in [5.74, 6) is 3.25. The summed E-state index contributed by atoms with van der Waals surface area (Å²) in [4.78, 5) is 13.4. The van der Waals surface area contributed by atoms with E-state index in [1.807, 2.05) is 0 Å². The number of hydrogen-bond acceptors (Lipinski definition) is 6. The lowest BCUT2D eigenvalue weighted by molar-refractivity contribution is 0.185. The molecule has 2 fully saturated rings. The van der Waals surface area contributed by atoms with Crippen LogP contribution in [-0.4, -0.2) is 58.6 Å². The van der Waals surface area contributed by atoms with Crippen molar-refractivity contribution in [2.24, 2.45) is 0 Å². The summed E-state index contributed by atoms with van der Waals surface area (Å²) in [7, 11) is 0. The van der Waals surface area contributed by atoms with Crippen LogP contribution in [0.15, 0.2) is 12.3 Å². The maximum Gasteiger partial charge on any atom is 0.226 e. The lowest BCUT2D eigenvalue weighted by atomic mass is 10.0. The van der Waals surface area contributed by atoms with Crippen LogP contribution in [0.3, 0.4) is 0 Å². The summed E-state index contributed by atoms with van der Waals surface area (Å²) >= 11 is 2.06. The molecule has 5 nitrogen and oxygen atoms in total. The second-order valence-electron chi connectivity index (χ2n) is 5.22. The van der Waals surface area contributed by atoms with Gasteiger partial charge >= 0.3 is 0 Å².